The van der Waals surface area contributed by atoms with Gasteiger partial charge in [-0.1, -0.05) is 17.7 Å². The summed E-state index contributed by atoms with van der Waals surface area (Å²) in [5.74, 6) is 0.859. The van der Waals surface area contributed by atoms with E-state index >= 15 is 0 Å². The Morgan fingerprint density at radius 3 is 2.43 bits per heavy atom. The largest absolute Gasteiger partial charge is 0.493 e. The Morgan fingerprint density at radius 1 is 1.14 bits per heavy atom. The normalized spacial score (nSPS) is 10.1. The number of hydrogen-bond acceptors (Lipinski definition) is 3. The van der Waals surface area contributed by atoms with E-state index < -0.39 is 0 Å². The highest BCUT2D eigenvalue weighted by molar-refractivity contribution is 14.1. The number of ether oxygens (including phenoxy) is 2. The molecule has 0 aliphatic heterocycles. The number of benzene rings is 2. The van der Waals surface area contributed by atoms with E-state index in [0.29, 0.717) is 27.8 Å². The first kappa shape index (κ1) is 15.9. The van der Waals surface area contributed by atoms with Gasteiger partial charge in [-0.25, -0.2) is 0 Å². The van der Waals surface area contributed by atoms with E-state index in [1.165, 1.54) is 7.11 Å². The molecule has 0 fully saturated rings. The first-order valence-corrected chi connectivity index (χ1v) is 7.49. The predicted octanol–water partition coefficient (Wildman–Crippen LogP) is 4.21. The van der Waals surface area contributed by atoms with Crippen LogP contribution in [0.5, 0.6) is 11.5 Å². The maximum atomic E-state index is 12.4. The lowest BCUT2D eigenvalue weighted by Crippen LogP contribution is -2.13. The average molecular weight is 418 g/mol. The van der Waals surface area contributed by atoms with Gasteiger partial charge >= 0.3 is 0 Å². The Balaban J connectivity index is 2.31. The van der Waals surface area contributed by atoms with Crippen LogP contribution in [0.2, 0.25) is 5.02 Å². The summed E-state index contributed by atoms with van der Waals surface area (Å²) in [5, 5.41) is 3.37. The minimum atomic E-state index is -0.234. The van der Waals surface area contributed by atoms with E-state index in [1.807, 2.05) is 0 Å². The third kappa shape index (κ3) is 3.79. The van der Waals surface area contributed by atoms with Gasteiger partial charge in [0.1, 0.15) is 0 Å². The number of methoxy groups -OCH3 is 2. The van der Waals surface area contributed by atoms with E-state index in [0.717, 1.165) is 3.57 Å². The maximum Gasteiger partial charge on any atom is 0.256 e. The molecule has 6 heteroatoms. The van der Waals surface area contributed by atoms with Crippen molar-refractivity contribution >= 4 is 45.8 Å². The van der Waals surface area contributed by atoms with Crippen LogP contribution in [-0.2, 0) is 0 Å². The van der Waals surface area contributed by atoms with Gasteiger partial charge in [0.15, 0.2) is 11.5 Å². The van der Waals surface area contributed by atoms with Gasteiger partial charge in [0.25, 0.3) is 5.91 Å². The van der Waals surface area contributed by atoms with Crippen molar-refractivity contribution in [3.8, 4) is 11.5 Å². The van der Waals surface area contributed by atoms with Crippen molar-refractivity contribution in [2.75, 3.05) is 19.5 Å². The summed E-state index contributed by atoms with van der Waals surface area (Å²) in [6, 6.07) is 10.4. The fraction of sp³-hybridized carbons (Fsp3) is 0.133. The van der Waals surface area contributed by atoms with Crippen LogP contribution in [0, 0.1) is 3.57 Å². The van der Waals surface area contributed by atoms with Gasteiger partial charge in [-0.2, -0.15) is 0 Å². The number of nitrogens with one attached hydrogen (secondary N) is 1. The molecule has 110 valence electrons. The molecule has 2 aromatic carbocycles. The first-order chi connectivity index (χ1) is 10.0. The Kier molecular flexibility index (Phi) is 5.30. The lowest BCUT2D eigenvalue weighted by molar-refractivity contribution is 0.102. The second-order valence-electron chi connectivity index (χ2n) is 4.15. The predicted molar refractivity (Wildman–Crippen MR) is 91.7 cm³/mol. The van der Waals surface area contributed by atoms with E-state index in [2.05, 4.69) is 27.9 Å². The second kappa shape index (κ2) is 7.00. The van der Waals surface area contributed by atoms with Gasteiger partial charge in [0, 0.05) is 14.3 Å². The molecule has 0 spiro atoms. The van der Waals surface area contributed by atoms with Crippen LogP contribution in [0.15, 0.2) is 36.4 Å². The summed E-state index contributed by atoms with van der Waals surface area (Å²) in [6.45, 7) is 0. The number of hydrogen-bond donors (Lipinski definition) is 1. The molecule has 2 aromatic rings. The molecule has 0 aromatic heterocycles. The number of rotatable bonds is 4. The van der Waals surface area contributed by atoms with Crippen LogP contribution in [0.4, 0.5) is 5.69 Å². The molecule has 0 saturated heterocycles. The molecule has 1 N–H and O–H groups in total. The first-order valence-electron chi connectivity index (χ1n) is 6.03. The Labute approximate surface area is 141 Å². The standard InChI is InChI=1S/C15H13ClINO3/c1-20-13-7-11(12(17)8-14(13)21-2)15(19)18-10-5-3-4-9(16)6-10/h3-8H,1-2H3,(H,18,19). The maximum absolute atomic E-state index is 12.4. The van der Waals surface area contributed by atoms with Gasteiger partial charge in [0.2, 0.25) is 0 Å². The summed E-state index contributed by atoms with van der Waals surface area (Å²) in [4.78, 5) is 12.4. The number of carbonyl (C=O) groups excluding carboxylic acids is 1. The Morgan fingerprint density at radius 2 is 1.81 bits per heavy atom. The fourth-order valence-corrected chi connectivity index (χ4v) is 2.67. The Bertz CT molecular complexity index is 676. The molecule has 1 amide bonds. The zero-order valence-electron chi connectivity index (χ0n) is 11.4. The molecule has 0 atom stereocenters. The Hall–Kier alpha value is -1.47. The van der Waals surface area contributed by atoms with Crippen molar-refractivity contribution < 1.29 is 14.3 Å². The molecule has 0 bridgehead atoms. The van der Waals surface area contributed by atoms with Crippen molar-refractivity contribution in [3.05, 3.63) is 50.6 Å². The van der Waals surface area contributed by atoms with E-state index in [-0.39, 0.29) is 5.91 Å². The molecule has 0 aliphatic carbocycles. The molecule has 4 nitrogen and oxygen atoms in total. The van der Waals surface area contributed by atoms with Crippen molar-refractivity contribution in [2.45, 2.75) is 0 Å². The minimum absolute atomic E-state index is 0.234. The summed E-state index contributed by atoms with van der Waals surface area (Å²) < 4.78 is 11.2. The van der Waals surface area contributed by atoms with Gasteiger partial charge in [-0.05, 0) is 52.9 Å². The van der Waals surface area contributed by atoms with Crippen molar-refractivity contribution in [2.24, 2.45) is 0 Å². The summed E-state index contributed by atoms with van der Waals surface area (Å²) >= 11 is 7.99. The molecule has 0 radical (unpaired) electrons. The van der Waals surface area contributed by atoms with Gasteiger partial charge in [0.05, 0.1) is 19.8 Å². The number of anilines is 1. The molecule has 0 aliphatic rings. The molecule has 0 heterocycles. The van der Waals surface area contributed by atoms with E-state index in [1.54, 1.807) is 43.5 Å². The third-order valence-electron chi connectivity index (χ3n) is 2.80. The minimum Gasteiger partial charge on any atom is -0.493 e. The van der Waals surface area contributed by atoms with E-state index in [9.17, 15) is 4.79 Å². The van der Waals surface area contributed by atoms with Crippen LogP contribution in [0.25, 0.3) is 0 Å². The summed E-state index contributed by atoms with van der Waals surface area (Å²) in [6.07, 6.45) is 0. The number of amides is 1. The SMILES string of the molecule is COc1cc(I)c(C(=O)Nc2cccc(Cl)c2)cc1OC. The fourth-order valence-electron chi connectivity index (χ4n) is 1.79. The zero-order chi connectivity index (χ0) is 15.4. The van der Waals surface area contributed by atoms with E-state index in [4.69, 9.17) is 21.1 Å². The molecular weight excluding hydrogens is 405 g/mol. The van der Waals surface area contributed by atoms with Crippen LogP contribution in [0.1, 0.15) is 10.4 Å². The third-order valence-corrected chi connectivity index (χ3v) is 3.93. The average Bonchev–Trinajstić information content (AvgIpc) is 2.46. The molecule has 0 saturated carbocycles. The van der Waals surface area contributed by atoms with Crippen molar-refractivity contribution in [3.63, 3.8) is 0 Å². The number of carbonyl (C=O) groups is 1. The quantitative estimate of drug-likeness (QED) is 0.758. The lowest BCUT2D eigenvalue weighted by Gasteiger charge is -2.12. The monoisotopic (exact) mass is 417 g/mol. The van der Waals surface area contributed by atoms with Crippen LogP contribution in [-0.4, -0.2) is 20.1 Å². The molecule has 21 heavy (non-hydrogen) atoms. The summed E-state index contributed by atoms with van der Waals surface area (Å²) in [5.41, 5.74) is 1.14. The molecule has 2 rings (SSSR count). The smallest absolute Gasteiger partial charge is 0.256 e. The van der Waals surface area contributed by atoms with Gasteiger partial charge in [-0.15, -0.1) is 0 Å². The highest BCUT2D eigenvalue weighted by Gasteiger charge is 2.15. The van der Waals surface area contributed by atoms with Crippen LogP contribution in [0.3, 0.4) is 0 Å². The van der Waals surface area contributed by atoms with Crippen molar-refractivity contribution in [1.82, 2.24) is 0 Å². The van der Waals surface area contributed by atoms with Crippen LogP contribution >= 0.6 is 34.2 Å². The summed E-state index contributed by atoms with van der Waals surface area (Å²) in [7, 11) is 3.09. The highest BCUT2D eigenvalue weighted by Crippen LogP contribution is 2.31. The number of halogens is 2. The second-order valence-corrected chi connectivity index (χ2v) is 5.75. The zero-order valence-corrected chi connectivity index (χ0v) is 14.4. The lowest BCUT2D eigenvalue weighted by atomic mass is 10.2. The molecule has 0 unspecified atom stereocenters. The van der Waals surface area contributed by atoms with Gasteiger partial charge < -0.3 is 14.8 Å². The highest BCUT2D eigenvalue weighted by atomic mass is 127. The molecular formula is C15H13ClINO3. The van der Waals surface area contributed by atoms with Crippen LogP contribution < -0.4 is 14.8 Å². The topological polar surface area (TPSA) is 47.6 Å². The van der Waals surface area contributed by atoms with Crippen molar-refractivity contribution in [1.29, 1.82) is 0 Å². The van der Waals surface area contributed by atoms with Gasteiger partial charge in [-0.3, -0.25) is 4.79 Å².